The van der Waals surface area contributed by atoms with Crippen molar-refractivity contribution in [2.24, 2.45) is 5.10 Å². The Kier molecular flexibility index (Phi) is 5.43. The molecule has 1 N–H and O–H groups in total. The molecule has 0 spiro atoms. The van der Waals surface area contributed by atoms with Gasteiger partial charge < -0.3 is 0 Å². The Morgan fingerprint density at radius 2 is 1.64 bits per heavy atom. The van der Waals surface area contributed by atoms with E-state index in [1.165, 1.54) is 6.20 Å². The van der Waals surface area contributed by atoms with Crippen molar-refractivity contribution in [3.05, 3.63) is 99.8 Å². The van der Waals surface area contributed by atoms with Crippen LogP contribution >= 0.6 is 23.2 Å². The Morgan fingerprint density at radius 1 is 0.880 bits per heavy atom. The van der Waals surface area contributed by atoms with E-state index in [1.807, 2.05) is 30.3 Å². The first kappa shape index (κ1) is 17.1. The van der Waals surface area contributed by atoms with Gasteiger partial charge in [0, 0.05) is 23.5 Å². The van der Waals surface area contributed by atoms with Crippen LogP contribution in [0.15, 0.2) is 78.2 Å². The van der Waals surface area contributed by atoms with Gasteiger partial charge in [0.05, 0.1) is 21.3 Å². The summed E-state index contributed by atoms with van der Waals surface area (Å²) in [5.74, 6) is -0.346. The first-order chi connectivity index (χ1) is 12.1. The summed E-state index contributed by atoms with van der Waals surface area (Å²) in [5.41, 5.74) is 5.15. The minimum atomic E-state index is -0.346. The van der Waals surface area contributed by atoms with Crippen molar-refractivity contribution in [1.29, 1.82) is 0 Å². The molecule has 3 aromatic rings. The minimum absolute atomic E-state index is 0.346. The van der Waals surface area contributed by atoms with Gasteiger partial charge in [-0.15, -0.1) is 0 Å². The van der Waals surface area contributed by atoms with Gasteiger partial charge in [-0.1, -0.05) is 59.6 Å². The lowest BCUT2D eigenvalue weighted by atomic mass is 10.0. The van der Waals surface area contributed by atoms with Crippen molar-refractivity contribution >= 4 is 34.8 Å². The number of aromatic nitrogens is 1. The number of carbonyl (C=O) groups is 1. The summed E-state index contributed by atoms with van der Waals surface area (Å²) in [6.45, 7) is 0. The number of amides is 1. The van der Waals surface area contributed by atoms with Gasteiger partial charge in [-0.05, 0) is 24.3 Å². The highest BCUT2D eigenvalue weighted by atomic mass is 35.5. The molecule has 1 heterocycles. The Labute approximate surface area is 155 Å². The third-order valence-electron chi connectivity index (χ3n) is 3.43. The van der Waals surface area contributed by atoms with Crippen LogP contribution < -0.4 is 5.43 Å². The van der Waals surface area contributed by atoms with Gasteiger partial charge in [0.2, 0.25) is 0 Å². The maximum atomic E-state index is 12.2. The zero-order valence-electron chi connectivity index (χ0n) is 13.0. The summed E-state index contributed by atoms with van der Waals surface area (Å²) in [7, 11) is 0. The van der Waals surface area contributed by atoms with Crippen molar-refractivity contribution in [2.75, 3.05) is 0 Å². The lowest BCUT2D eigenvalue weighted by Crippen LogP contribution is -2.20. The molecule has 1 amide bonds. The molecule has 0 saturated carbocycles. The number of hydrogen-bond acceptors (Lipinski definition) is 3. The molecule has 124 valence electrons. The molecular weight excluding hydrogens is 357 g/mol. The molecule has 25 heavy (non-hydrogen) atoms. The Hall–Kier alpha value is -2.69. The number of carbonyl (C=O) groups excluding carboxylic acids is 1. The molecule has 6 heteroatoms. The van der Waals surface area contributed by atoms with Crippen LogP contribution in [0.4, 0.5) is 0 Å². The van der Waals surface area contributed by atoms with Crippen LogP contribution in [0, 0.1) is 0 Å². The quantitative estimate of drug-likeness (QED) is 0.540. The van der Waals surface area contributed by atoms with Crippen molar-refractivity contribution in [3.8, 4) is 0 Å². The maximum Gasteiger partial charge on any atom is 0.272 e. The van der Waals surface area contributed by atoms with E-state index >= 15 is 0 Å². The van der Waals surface area contributed by atoms with Crippen molar-refractivity contribution < 1.29 is 4.79 Å². The van der Waals surface area contributed by atoms with E-state index in [1.54, 1.807) is 36.5 Å². The number of nitrogens with zero attached hydrogens (tertiary/aromatic N) is 2. The van der Waals surface area contributed by atoms with Crippen LogP contribution in [0.1, 0.15) is 21.5 Å². The average molecular weight is 370 g/mol. The second-order valence-electron chi connectivity index (χ2n) is 5.14. The van der Waals surface area contributed by atoms with E-state index in [4.69, 9.17) is 23.2 Å². The van der Waals surface area contributed by atoms with E-state index in [9.17, 15) is 4.79 Å². The summed E-state index contributed by atoms with van der Waals surface area (Å²) in [6, 6.07) is 18.1. The monoisotopic (exact) mass is 369 g/mol. The van der Waals surface area contributed by atoms with Gasteiger partial charge >= 0.3 is 0 Å². The molecule has 0 radical (unpaired) electrons. The Balaban J connectivity index is 1.96. The fraction of sp³-hybridized carbons (Fsp3) is 0. The zero-order chi connectivity index (χ0) is 17.6. The van der Waals surface area contributed by atoms with Gasteiger partial charge in [0.15, 0.2) is 0 Å². The summed E-state index contributed by atoms with van der Waals surface area (Å²) in [6.07, 6.45) is 3.08. The highest BCUT2D eigenvalue weighted by molar-refractivity contribution is 6.42. The standard InChI is InChI=1S/C19H13Cl2N3O/c20-16-9-8-14(11-17(16)21)18(13-5-2-1-3-6-13)23-24-19(25)15-7-4-10-22-12-15/h1-12H,(H,24,25)/b23-18-. The van der Waals surface area contributed by atoms with E-state index in [0.29, 0.717) is 21.3 Å². The summed E-state index contributed by atoms with van der Waals surface area (Å²) in [4.78, 5) is 16.2. The van der Waals surface area contributed by atoms with Gasteiger partial charge in [0.25, 0.3) is 5.91 Å². The van der Waals surface area contributed by atoms with Crippen molar-refractivity contribution in [1.82, 2.24) is 10.4 Å². The predicted octanol–water partition coefficient (Wildman–Crippen LogP) is 4.57. The third-order valence-corrected chi connectivity index (χ3v) is 4.17. The number of pyridine rings is 1. The molecule has 0 aliphatic rings. The van der Waals surface area contributed by atoms with Crippen LogP contribution in [0.25, 0.3) is 0 Å². The number of benzene rings is 2. The Morgan fingerprint density at radius 3 is 2.32 bits per heavy atom. The average Bonchev–Trinajstić information content (AvgIpc) is 2.66. The Bertz CT molecular complexity index is 912. The molecule has 0 bridgehead atoms. The SMILES string of the molecule is O=C(N/N=C(/c1ccccc1)c1ccc(Cl)c(Cl)c1)c1cccnc1. The summed E-state index contributed by atoms with van der Waals surface area (Å²) >= 11 is 12.1. The molecule has 2 aromatic carbocycles. The number of hydrazone groups is 1. The first-order valence-electron chi connectivity index (χ1n) is 7.44. The second-order valence-corrected chi connectivity index (χ2v) is 5.95. The molecule has 0 aliphatic heterocycles. The van der Waals surface area contributed by atoms with Crippen molar-refractivity contribution in [2.45, 2.75) is 0 Å². The van der Waals surface area contributed by atoms with Crippen LogP contribution in [-0.4, -0.2) is 16.6 Å². The molecule has 0 saturated heterocycles. The number of nitrogens with one attached hydrogen (secondary N) is 1. The van der Waals surface area contributed by atoms with Crippen LogP contribution in [0.5, 0.6) is 0 Å². The zero-order valence-corrected chi connectivity index (χ0v) is 14.5. The summed E-state index contributed by atoms with van der Waals surface area (Å²) < 4.78 is 0. The van der Waals surface area contributed by atoms with Crippen molar-refractivity contribution in [3.63, 3.8) is 0 Å². The highest BCUT2D eigenvalue weighted by Crippen LogP contribution is 2.24. The largest absolute Gasteiger partial charge is 0.272 e. The lowest BCUT2D eigenvalue weighted by Gasteiger charge is -2.09. The fourth-order valence-corrected chi connectivity index (χ4v) is 2.50. The number of halogens is 2. The molecular formula is C19H13Cl2N3O. The van der Waals surface area contributed by atoms with Gasteiger partial charge in [-0.3, -0.25) is 9.78 Å². The first-order valence-corrected chi connectivity index (χ1v) is 8.19. The maximum absolute atomic E-state index is 12.2. The fourth-order valence-electron chi connectivity index (χ4n) is 2.20. The number of hydrogen-bond donors (Lipinski definition) is 1. The lowest BCUT2D eigenvalue weighted by molar-refractivity contribution is 0.0954. The second kappa shape index (κ2) is 7.92. The molecule has 4 nitrogen and oxygen atoms in total. The smallest absolute Gasteiger partial charge is 0.267 e. The summed E-state index contributed by atoms with van der Waals surface area (Å²) in [5, 5.41) is 5.17. The van der Waals surface area contributed by atoms with E-state index in [2.05, 4.69) is 15.5 Å². The molecule has 0 atom stereocenters. The van der Waals surface area contributed by atoms with Crippen LogP contribution in [0.2, 0.25) is 10.0 Å². The van der Waals surface area contributed by atoms with E-state index in [-0.39, 0.29) is 5.91 Å². The van der Waals surface area contributed by atoms with Crippen LogP contribution in [0.3, 0.4) is 0 Å². The van der Waals surface area contributed by atoms with Gasteiger partial charge in [-0.25, -0.2) is 5.43 Å². The minimum Gasteiger partial charge on any atom is -0.267 e. The third kappa shape index (κ3) is 4.24. The molecule has 0 unspecified atom stereocenters. The number of rotatable bonds is 4. The molecule has 0 fully saturated rings. The molecule has 1 aromatic heterocycles. The highest BCUT2D eigenvalue weighted by Gasteiger charge is 2.11. The van der Waals surface area contributed by atoms with E-state index in [0.717, 1.165) is 11.1 Å². The molecule has 3 rings (SSSR count). The predicted molar refractivity (Wildman–Crippen MR) is 100 cm³/mol. The van der Waals surface area contributed by atoms with Crippen LogP contribution in [-0.2, 0) is 0 Å². The topological polar surface area (TPSA) is 54.4 Å². The molecule has 0 aliphatic carbocycles. The normalized spacial score (nSPS) is 11.2. The van der Waals surface area contributed by atoms with Gasteiger partial charge in [-0.2, -0.15) is 5.10 Å². The van der Waals surface area contributed by atoms with Gasteiger partial charge in [0.1, 0.15) is 0 Å². The van der Waals surface area contributed by atoms with E-state index < -0.39 is 0 Å².